The quantitative estimate of drug-likeness (QED) is 0.0601. The standard InChI is InChI=1S/C52H55N5O9/c1-4-63-19-20-64-18-16-55(15-9-10-17-58)38-22-34(32-65-49-28-43-41(26-47(49)61-2)51(59)56-39(30-53-43)24-36-11-5-7-13-45(36)56)21-35(23-38)33-66-50-29-44-42(27-48(50)62-3)52(60)57-40(31-54-44)25-37-12-6-8-14-46(37)57/h5-8,11-14,17,21-23,26-30,39-40,54H,4,9-10,15-16,18-20,24-25,31-33H2,1-3H3/t39-,40-/m0/s1. The van der Waals surface area contributed by atoms with E-state index in [0.29, 0.717) is 111 Å². The van der Waals surface area contributed by atoms with Crippen LogP contribution in [-0.2, 0) is 40.3 Å². The number of unbranched alkanes of at least 4 members (excludes halogenated alkanes) is 1. The molecule has 0 fully saturated rings. The molecule has 0 unspecified atom stereocenters. The molecule has 4 aliphatic heterocycles. The van der Waals surface area contributed by atoms with E-state index in [1.54, 1.807) is 32.4 Å². The van der Waals surface area contributed by atoms with Crippen LogP contribution in [0.2, 0.25) is 0 Å². The number of methoxy groups -OCH3 is 2. The summed E-state index contributed by atoms with van der Waals surface area (Å²) in [6.07, 6.45) is 5.33. The van der Waals surface area contributed by atoms with Gasteiger partial charge in [0, 0.05) is 74.5 Å². The van der Waals surface area contributed by atoms with Crippen molar-refractivity contribution < 1.29 is 42.8 Å². The van der Waals surface area contributed by atoms with Crippen molar-refractivity contribution >= 4 is 52.8 Å². The molecule has 4 aliphatic rings. The lowest BCUT2D eigenvalue weighted by molar-refractivity contribution is -0.107. The minimum Gasteiger partial charge on any atom is -0.493 e. The van der Waals surface area contributed by atoms with Crippen LogP contribution in [0, 0.1) is 0 Å². The van der Waals surface area contributed by atoms with Crippen LogP contribution in [0.5, 0.6) is 23.0 Å². The molecular weight excluding hydrogens is 839 g/mol. The van der Waals surface area contributed by atoms with Gasteiger partial charge >= 0.3 is 0 Å². The maximum absolute atomic E-state index is 14.1. The van der Waals surface area contributed by atoms with Gasteiger partial charge in [-0.25, -0.2) is 0 Å². The van der Waals surface area contributed by atoms with Crippen molar-refractivity contribution in [2.24, 2.45) is 4.99 Å². The molecule has 0 saturated heterocycles. The molecule has 0 aromatic heterocycles. The number of carbonyl (C=O) groups is 3. The maximum Gasteiger partial charge on any atom is 0.261 e. The highest BCUT2D eigenvalue weighted by molar-refractivity contribution is 6.15. The summed E-state index contributed by atoms with van der Waals surface area (Å²) in [7, 11) is 3.13. The highest BCUT2D eigenvalue weighted by Crippen LogP contribution is 2.43. The molecule has 0 saturated carbocycles. The van der Waals surface area contributed by atoms with Gasteiger partial charge in [0.1, 0.15) is 19.5 Å². The zero-order valence-electron chi connectivity index (χ0n) is 37.6. The molecule has 14 nitrogen and oxygen atoms in total. The summed E-state index contributed by atoms with van der Waals surface area (Å²) in [4.78, 5) is 50.3. The van der Waals surface area contributed by atoms with E-state index in [0.717, 1.165) is 52.0 Å². The molecule has 0 bridgehead atoms. The SMILES string of the molecule is CCOCCOCCN(CCCC=O)c1cc(COc2cc3c(cc2OC)C(=O)N2c4ccccc4C[C@H]2C=N3)cc(COc2cc3c(cc2OC)C(=O)N2c4ccccc4C[C@H]2CN3)c1. The van der Waals surface area contributed by atoms with Crippen molar-refractivity contribution in [3.05, 3.63) is 124 Å². The fourth-order valence-corrected chi connectivity index (χ4v) is 9.29. The second-order valence-corrected chi connectivity index (χ2v) is 16.7. The van der Waals surface area contributed by atoms with Gasteiger partial charge in [0.15, 0.2) is 23.0 Å². The number of ether oxygens (including phenoxy) is 6. The Morgan fingerprint density at radius 1 is 0.727 bits per heavy atom. The van der Waals surface area contributed by atoms with Gasteiger partial charge in [-0.3, -0.25) is 19.5 Å². The predicted octanol–water partition coefficient (Wildman–Crippen LogP) is 7.98. The third-order valence-electron chi connectivity index (χ3n) is 12.5. The van der Waals surface area contributed by atoms with Crippen molar-refractivity contribution in [1.82, 2.24) is 0 Å². The molecule has 5 aromatic rings. The number of aliphatic imine (C=N–C) groups is 1. The van der Waals surface area contributed by atoms with Gasteiger partial charge in [0.05, 0.1) is 68.6 Å². The fraction of sp³-hybridized carbons (Fsp3) is 0.346. The molecule has 2 atom stereocenters. The van der Waals surface area contributed by atoms with Crippen molar-refractivity contribution in [3.8, 4) is 23.0 Å². The third kappa shape index (κ3) is 9.16. The van der Waals surface area contributed by atoms with Gasteiger partial charge < -0.3 is 48.3 Å². The lowest BCUT2D eigenvalue weighted by atomic mass is 10.1. The Morgan fingerprint density at radius 2 is 1.38 bits per heavy atom. The summed E-state index contributed by atoms with van der Waals surface area (Å²) in [5.41, 5.74) is 8.84. The second kappa shape index (κ2) is 20.1. The highest BCUT2D eigenvalue weighted by Gasteiger charge is 2.39. The number of aldehydes is 1. The average Bonchev–Trinajstić information content (AvgIpc) is 3.83. The number of amides is 2. The maximum atomic E-state index is 14.1. The van der Waals surface area contributed by atoms with E-state index in [-0.39, 0.29) is 37.1 Å². The number of hydrogen-bond donors (Lipinski definition) is 1. The van der Waals surface area contributed by atoms with Crippen molar-refractivity contribution in [2.75, 3.05) is 80.3 Å². The smallest absolute Gasteiger partial charge is 0.261 e. The van der Waals surface area contributed by atoms with Crippen LogP contribution in [-0.4, -0.2) is 96.7 Å². The van der Waals surface area contributed by atoms with Crippen LogP contribution in [0.1, 0.15) is 62.7 Å². The summed E-state index contributed by atoms with van der Waals surface area (Å²) >= 11 is 0. The predicted molar refractivity (Wildman–Crippen MR) is 254 cm³/mol. The van der Waals surface area contributed by atoms with Gasteiger partial charge in [0.25, 0.3) is 11.8 Å². The number of rotatable bonds is 20. The van der Waals surface area contributed by atoms with Crippen molar-refractivity contribution in [1.29, 1.82) is 0 Å². The molecule has 66 heavy (non-hydrogen) atoms. The van der Waals surface area contributed by atoms with Gasteiger partial charge in [-0.05, 0) is 84.5 Å². The molecule has 1 N–H and O–H groups in total. The van der Waals surface area contributed by atoms with E-state index < -0.39 is 0 Å². The largest absolute Gasteiger partial charge is 0.493 e. The Morgan fingerprint density at radius 3 is 2.09 bits per heavy atom. The Hall–Kier alpha value is -6.90. The first-order valence-electron chi connectivity index (χ1n) is 22.6. The number of nitrogens with one attached hydrogen (secondary N) is 1. The zero-order chi connectivity index (χ0) is 45.6. The Labute approximate surface area is 385 Å². The second-order valence-electron chi connectivity index (χ2n) is 16.7. The summed E-state index contributed by atoms with van der Waals surface area (Å²) < 4.78 is 36.2. The number of para-hydroxylation sites is 2. The van der Waals surface area contributed by atoms with E-state index in [9.17, 15) is 14.4 Å². The zero-order valence-corrected chi connectivity index (χ0v) is 37.6. The van der Waals surface area contributed by atoms with E-state index in [1.807, 2.05) is 77.5 Å². The molecule has 342 valence electrons. The lowest BCUT2D eigenvalue weighted by Crippen LogP contribution is -2.39. The molecule has 5 aromatic carbocycles. The van der Waals surface area contributed by atoms with Crippen LogP contribution >= 0.6 is 0 Å². The monoisotopic (exact) mass is 893 g/mol. The topological polar surface area (TPSA) is 141 Å². The number of anilines is 4. The molecule has 2 amide bonds. The Kier molecular flexibility index (Phi) is 13.5. The molecular formula is C52H55N5O9. The Bertz CT molecular complexity index is 2630. The molecule has 4 heterocycles. The van der Waals surface area contributed by atoms with E-state index in [4.69, 9.17) is 33.4 Å². The van der Waals surface area contributed by atoms with Crippen molar-refractivity contribution in [3.63, 3.8) is 0 Å². The summed E-state index contributed by atoms with van der Waals surface area (Å²) in [6, 6.07) is 29.0. The van der Waals surface area contributed by atoms with Gasteiger partial charge in [-0.1, -0.05) is 36.4 Å². The summed E-state index contributed by atoms with van der Waals surface area (Å²) in [6.45, 7) is 6.11. The average molecular weight is 894 g/mol. The molecule has 0 spiro atoms. The minimum atomic E-state index is -0.189. The molecule has 0 radical (unpaired) electrons. The third-order valence-corrected chi connectivity index (χ3v) is 12.5. The lowest BCUT2D eigenvalue weighted by Gasteiger charge is -2.26. The van der Waals surface area contributed by atoms with Crippen molar-refractivity contribution in [2.45, 2.75) is 57.9 Å². The number of benzene rings is 5. The molecule has 0 aliphatic carbocycles. The van der Waals surface area contributed by atoms with Crippen LogP contribution in [0.15, 0.2) is 96.0 Å². The van der Waals surface area contributed by atoms with Crippen LogP contribution in [0.25, 0.3) is 0 Å². The normalized spacial score (nSPS) is 16.5. The van der Waals surface area contributed by atoms with Gasteiger partial charge in [-0.2, -0.15) is 0 Å². The van der Waals surface area contributed by atoms with Crippen LogP contribution in [0.4, 0.5) is 28.4 Å². The highest BCUT2D eigenvalue weighted by atomic mass is 16.5. The van der Waals surface area contributed by atoms with Gasteiger partial charge in [-0.15, -0.1) is 0 Å². The summed E-state index contributed by atoms with van der Waals surface area (Å²) in [5.74, 6) is 1.56. The number of hydrogen-bond acceptors (Lipinski definition) is 12. The van der Waals surface area contributed by atoms with E-state index >= 15 is 0 Å². The summed E-state index contributed by atoms with van der Waals surface area (Å²) in [5, 5.41) is 3.52. The minimum absolute atomic E-state index is 0.0116. The van der Waals surface area contributed by atoms with Crippen LogP contribution < -0.4 is 39.0 Å². The Balaban J connectivity index is 0.990. The number of fused-ring (bicyclic) bond motifs is 8. The van der Waals surface area contributed by atoms with Crippen LogP contribution in [0.3, 0.4) is 0 Å². The number of carbonyl (C=O) groups excluding carboxylic acids is 3. The van der Waals surface area contributed by atoms with E-state index in [1.165, 1.54) is 0 Å². The molecule has 9 rings (SSSR count). The van der Waals surface area contributed by atoms with E-state index in [2.05, 4.69) is 28.4 Å². The fourth-order valence-electron chi connectivity index (χ4n) is 9.29. The number of nitrogens with zero attached hydrogens (tertiary/aromatic N) is 4. The first kappa shape index (κ1) is 44.3. The molecule has 14 heteroatoms. The first-order chi connectivity index (χ1) is 32.4. The van der Waals surface area contributed by atoms with Gasteiger partial charge in [0.2, 0.25) is 0 Å². The first-order valence-corrected chi connectivity index (χ1v) is 22.6.